The third-order valence-electron chi connectivity index (χ3n) is 1.95. The van der Waals surface area contributed by atoms with Gasteiger partial charge in [0.1, 0.15) is 0 Å². The number of nitrogens with two attached hydrogens (primary N) is 1. The molecule has 1 rings (SSSR count). The summed E-state index contributed by atoms with van der Waals surface area (Å²) in [4.78, 5) is 11.3. The van der Waals surface area contributed by atoms with Gasteiger partial charge in [0.05, 0.1) is 25.3 Å². The van der Waals surface area contributed by atoms with E-state index < -0.39 is 6.04 Å². The lowest BCUT2D eigenvalue weighted by Crippen LogP contribution is -2.53. The molecular weight excluding hydrogens is 172 g/mol. The fraction of sp³-hybridized carbons (Fsp3) is 0.875. The lowest BCUT2D eigenvalue weighted by atomic mass is 10.2. The van der Waals surface area contributed by atoms with E-state index in [9.17, 15) is 4.79 Å². The second kappa shape index (κ2) is 5.16. The Morgan fingerprint density at radius 1 is 1.77 bits per heavy atom. The van der Waals surface area contributed by atoms with Gasteiger partial charge in [0, 0.05) is 13.7 Å². The lowest BCUT2D eigenvalue weighted by Gasteiger charge is -2.27. The van der Waals surface area contributed by atoms with E-state index in [2.05, 4.69) is 5.32 Å². The second-order valence-electron chi connectivity index (χ2n) is 3.13. The summed E-state index contributed by atoms with van der Waals surface area (Å²) in [6.45, 7) is 1.71. The fourth-order valence-electron chi connectivity index (χ4n) is 1.00. The summed E-state index contributed by atoms with van der Waals surface area (Å²) in [6.07, 6.45) is 0.551. The van der Waals surface area contributed by atoms with Gasteiger partial charge in [-0.3, -0.25) is 4.79 Å². The van der Waals surface area contributed by atoms with Crippen molar-refractivity contribution < 1.29 is 14.3 Å². The molecule has 5 nitrogen and oxygen atoms in total. The van der Waals surface area contributed by atoms with E-state index in [0.29, 0.717) is 26.2 Å². The van der Waals surface area contributed by atoms with Crippen LogP contribution in [-0.2, 0) is 14.3 Å². The van der Waals surface area contributed by atoms with Gasteiger partial charge in [-0.05, 0) is 6.42 Å². The quantitative estimate of drug-likeness (QED) is 0.572. The maximum absolute atomic E-state index is 11.3. The first-order valence-electron chi connectivity index (χ1n) is 4.36. The van der Waals surface area contributed by atoms with Gasteiger partial charge < -0.3 is 20.5 Å². The van der Waals surface area contributed by atoms with Crippen molar-refractivity contribution in [3.05, 3.63) is 0 Å². The number of amides is 1. The van der Waals surface area contributed by atoms with Crippen LogP contribution in [0.1, 0.15) is 6.42 Å². The first kappa shape index (κ1) is 10.4. The molecule has 1 heterocycles. The van der Waals surface area contributed by atoms with Crippen LogP contribution in [0.3, 0.4) is 0 Å². The minimum absolute atomic E-state index is 0.120. The monoisotopic (exact) mass is 188 g/mol. The third kappa shape index (κ3) is 3.30. The Bertz CT molecular complexity index is 171. The van der Waals surface area contributed by atoms with Crippen molar-refractivity contribution in [3.8, 4) is 0 Å². The molecule has 0 aromatic carbocycles. The fourth-order valence-corrected chi connectivity index (χ4v) is 1.00. The van der Waals surface area contributed by atoms with Crippen LogP contribution in [0, 0.1) is 0 Å². The summed E-state index contributed by atoms with van der Waals surface area (Å²) in [5.74, 6) is -0.120. The van der Waals surface area contributed by atoms with Gasteiger partial charge in [-0.25, -0.2) is 0 Å². The molecule has 1 saturated heterocycles. The van der Waals surface area contributed by atoms with E-state index in [4.69, 9.17) is 15.2 Å². The van der Waals surface area contributed by atoms with E-state index in [-0.39, 0.29) is 11.9 Å². The minimum atomic E-state index is -0.472. The van der Waals surface area contributed by atoms with Gasteiger partial charge in [-0.15, -0.1) is 0 Å². The molecule has 0 radical (unpaired) electrons. The minimum Gasteiger partial charge on any atom is -0.385 e. The molecule has 1 fully saturated rings. The first-order chi connectivity index (χ1) is 6.24. The van der Waals surface area contributed by atoms with Crippen LogP contribution in [0.5, 0.6) is 0 Å². The smallest absolute Gasteiger partial charge is 0.237 e. The standard InChI is InChI=1S/C8H16N2O3/c1-12-3-2-7(9)8(11)10-6-4-13-5-6/h6-7H,2-5,9H2,1H3,(H,10,11). The molecule has 0 aromatic rings. The highest BCUT2D eigenvalue weighted by molar-refractivity contribution is 5.81. The van der Waals surface area contributed by atoms with Crippen LogP contribution in [0.4, 0.5) is 0 Å². The van der Waals surface area contributed by atoms with Crippen molar-refractivity contribution in [1.29, 1.82) is 0 Å². The Morgan fingerprint density at radius 3 is 2.92 bits per heavy atom. The van der Waals surface area contributed by atoms with Crippen molar-refractivity contribution in [2.75, 3.05) is 26.9 Å². The predicted molar refractivity (Wildman–Crippen MR) is 47.2 cm³/mol. The number of hydrogen-bond donors (Lipinski definition) is 2. The van der Waals surface area contributed by atoms with E-state index >= 15 is 0 Å². The topological polar surface area (TPSA) is 73.6 Å². The number of nitrogens with one attached hydrogen (secondary N) is 1. The zero-order valence-electron chi connectivity index (χ0n) is 7.79. The third-order valence-corrected chi connectivity index (χ3v) is 1.95. The van der Waals surface area contributed by atoms with Crippen LogP contribution < -0.4 is 11.1 Å². The number of methoxy groups -OCH3 is 1. The molecule has 1 amide bonds. The van der Waals surface area contributed by atoms with Crippen LogP contribution >= 0.6 is 0 Å². The van der Waals surface area contributed by atoms with Gasteiger partial charge in [0.25, 0.3) is 0 Å². The van der Waals surface area contributed by atoms with Gasteiger partial charge >= 0.3 is 0 Å². The molecule has 5 heteroatoms. The SMILES string of the molecule is COCCC(N)C(=O)NC1COC1. The lowest BCUT2D eigenvalue weighted by molar-refractivity contribution is -0.126. The Hall–Kier alpha value is -0.650. The van der Waals surface area contributed by atoms with E-state index in [1.807, 2.05) is 0 Å². The summed E-state index contributed by atoms with van der Waals surface area (Å²) in [5, 5.41) is 2.78. The van der Waals surface area contributed by atoms with Crippen LogP contribution in [0.15, 0.2) is 0 Å². The summed E-state index contributed by atoms with van der Waals surface area (Å²) < 4.78 is 9.74. The molecule has 13 heavy (non-hydrogen) atoms. The Labute approximate surface area is 77.6 Å². The molecular formula is C8H16N2O3. The van der Waals surface area contributed by atoms with Crippen LogP contribution in [0.2, 0.25) is 0 Å². The van der Waals surface area contributed by atoms with E-state index in [1.54, 1.807) is 7.11 Å². The highest BCUT2D eigenvalue weighted by Crippen LogP contribution is 2.00. The maximum Gasteiger partial charge on any atom is 0.237 e. The highest BCUT2D eigenvalue weighted by atomic mass is 16.5. The molecule has 1 unspecified atom stereocenters. The summed E-state index contributed by atoms with van der Waals surface area (Å²) in [7, 11) is 1.59. The van der Waals surface area contributed by atoms with Gasteiger partial charge in [-0.1, -0.05) is 0 Å². The molecule has 0 aliphatic carbocycles. The van der Waals surface area contributed by atoms with Crippen molar-refractivity contribution >= 4 is 5.91 Å². The Morgan fingerprint density at radius 2 is 2.46 bits per heavy atom. The van der Waals surface area contributed by atoms with Crippen molar-refractivity contribution in [3.63, 3.8) is 0 Å². The molecule has 76 valence electrons. The Kier molecular flexibility index (Phi) is 4.14. The van der Waals surface area contributed by atoms with Crippen molar-refractivity contribution in [2.24, 2.45) is 5.73 Å². The van der Waals surface area contributed by atoms with Crippen LogP contribution in [0.25, 0.3) is 0 Å². The number of carbonyl (C=O) groups is 1. The Balaban J connectivity index is 2.13. The average molecular weight is 188 g/mol. The molecule has 0 aromatic heterocycles. The molecule has 0 spiro atoms. The normalized spacial score (nSPS) is 19.2. The number of hydrogen-bond acceptors (Lipinski definition) is 4. The van der Waals surface area contributed by atoms with E-state index in [0.717, 1.165) is 0 Å². The van der Waals surface area contributed by atoms with Crippen molar-refractivity contribution in [2.45, 2.75) is 18.5 Å². The van der Waals surface area contributed by atoms with Crippen molar-refractivity contribution in [1.82, 2.24) is 5.32 Å². The predicted octanol–water partition coefficient (Wildman–Crippen LogP) is -1.13. The zero-order valence-corrected chi connectivity index (χ0v) is 7.79. The van der Waals surface area contributed by atoms with Crippen LogP contribution in [-0.4, -0.2) is 44.9 Å². The summed E-state index contributed by atoms with van der Waals surface area (Å²) in [5.41, 5.74) is 5.60. The van der Waals surface area contributed by atoms with Gasteiger partial charge in [-0.2, -0.15) is 0 Å². The largest absolute Gasteiger partial charge is 0.385 e. The first-order valence-corrected chi connectivity index (χ1v) is 4.36. The second-order valence-corrected chi connectivity index (χ2v) is 3.13. The summed E-state index contributed by atoms with van der Waals surface area (Å²) in [6, 6.07) is -0.318. The average Bonchev–Trinajstić information content (AvgIpc) is 2.06. The number of ether oxygens (including phenoxy) is 2. The highest BCUT2D eigenvalue weighted by Gasteiger charge is 2.22. The van der Waals surface area contributed by atoms with Gasteiger partial charge in [0.2, 0.25) is 5.91 Å². The molecule has 3 N–H and O–H groups in total. The zero-order chi connectivity index (χ0) is 9.68. The molecule has 1 aliphatic heterocycles. The molecule has 0 bridgehead atoms. The molecule has 0 saturated carbocycles. The number of rotatable bonds is 5. The van der Waals surface area contributed by atoms with Gasteiger partial charge in [0.15, 0.2) is 0 Å². The maximum atomic E-state index is 11.3. The summed E-state index contributed by atoms with van der Waals surface area (Å²) >= 11 is 0. The molecule has 1 atom stereocenters. The van der Waals surface area contributed by atoms with E-state index in [1.165, 1.54) is 0 Å². The molecule has 1 aliphatic rings. The number of carbonyl (C=O) groups excluding carboxylic acids is 1.